The summed E-state index contributed by atoms with van der Waals surface area (Å²) in [7, 11) is -4.10. The first-order valence-corrected chi connectivity index (χ1v) is 5.07. The van der Waals surface area contributed by atoms with Crippen molar-refractivity contribution in [2.45, 2.75) is 38.0 Å². The van der Waals surface area contributed by atoms with Gasteiger partial charge in [0.05, 0.1) is 0 Å². The Labute approximate surface area is 67.5 Å². The molecule has 5 heteroatoms. The molecular formula is C6H15NO3S. The number of hydrogen-bond donors (Lipinski definition) is 2. The van der Waals surface area contributed by atoms with Gasteiger partial charge in [0, 0.05) is 0 Å². The molecule has 0 aromatic rings. The lowest BCUT2D eigenvalue weighted by atomic mass is 10.1. The standard InChI is InChI=1S/C6H15NO3S/c1-3-5-6(7,4-2)11(8,9)10/h3-5,7H2,1-2H3,(H,8,9,10). The summed E-state index contributed by atoms with van der Waals surface area (Å²) in [6.07, 6.45) is 1.17. The van der Waals surface area contributed by atoms with Gasteiger partial charge in [0.25, 0.3) is 10.1 Å². The number of nitrogens with two attached hydrogens (primary N) is 1. The minimum absolute atomic E-state index is 0.236. The molecule has 0 aliphatic carbocycles. The monoisotopic (exact) mass is 181 g/mol. The molecule has 11 heavy (non-hydrogen) atoms. The Morgan fingerprint density at radius 3 is 2.00 bits per heavy atom. The molecule has 1 atom stereocenters. The fourth-order valence-corrected chi connectivity index (χ4v) is 1.74. The molecule has 0 amide bonds. The second-order valence-corrected chi connectivity index (χ2v) is 4.41. The van der Waals surface area contributed by atoms with E-state index in [1.165, 1.54) is 0 Å². The molecule has 0 fully saturated rings. The van der Waals surface area contributed by atoms with Crippen molar-refractivity contribution >= 4 is 10.1 Å². The summed E-state index contributed by atoms with van der Waals surface area (Å²) in [6, 6.07) is 0. The van der Waals surface area contributed by atoms with E-state index >= 15 is 0 Å². The summed E-state index contributed by atoms with van der Waals surface area (Å²) in [5.74, 6) is 0. The van der Waals surface area contributed by atoms with Crippen LogP contribution in [-0.4, -0.2) is 17.8 Å². The van der Waals surface area contributed by atoms with Crippen molar-refractivity contribution in [1.82, 2.24) is 0 Å². The van der Waals surface area contributed by atoms with Crippen molar-refractivity contribution in [3.63, 3.8) is 0 Å². The smallest absolute Gasteiger partial charge is 0.283 e. The molecule has 0 radical (unpaired) electrons. The van der Waals surface area contributed by atoms with E-state index in [1.54, 1.807) is 6.92 Å². The molecule has 0 aromatic heterocycles. The highest BCUT2D eigenvalue weighted by Gasteiger charge is 2.35. The number of rotatable bonds is 4. The van der Waals surface area contributed by atoms with Gasteiger partial charge < -0.3 is 5.73 Å². The molecule has 0 saturated heterocycles. The van der Waals surface area contributed by atoms with Crippen molar-refractivity contribution in [1.29, 1.82) is 0 Å². The fourth-order valence-electron chi connectivity index (χ4n) is 0.911. The van der Waals surface area contributed by atoms with Crippen molar-refractivity contribution in [2.24, 2.45) is 5.73 Å². The van der Waals surface area contributed by atoms with Crippen molar-refractivity contribution in [3.8, 4) is 0 Å². The van der Waals surface area contributed by atoms with Crippen LogP contribution in [0.2, 0.25) is 0 Å². The Morgan fingerprint density at radius 1 is 1.45 bits per heavy atom. The van der Waals surface area contributed by atoms with Gasteiger partial charge in [-0.05, 0) is 12.8 Å². The average Bonchev–Trinajstić information content (AvgIpc) is 1.86. The van der Waals surface area contributed by atoms with Crippen LogP contribution in [0.25, 0.3) is 0 Å². The van der Waals surface area contributed by atoms with Gasteiger partial charge in [0.1, 0.15) is 4.87 Å². The Kier molecular flexibility index (Phi) is 3.47. The van der Waals surface area contributed by atoms with Crippen LogP contribution < -0.4 is 5.73 Å². The predicted octanol–water partition coefficient (Wildman–Crippen LogP) is 0.739. The molecule has 0 spiro atoms. The van der Waals surface area contributed by atoms with Gasteiger partial charge >= 0.3 is 0 Å². The zero-order valence-corrected chi connectivity index (χ0v) is 7.69. The molecule has 4 nitrogen and oxygen atoms in total. The third-order valence-electron chi connectivity index (χ3n) is 1.79. The summed E-state index contributed by atoms with van der Waals surface area (Å²) < 4.78 is 30.1. The highest BCUT2D eigenvalue weighted by atomic mass is 32.2. The first-order valence-electron chi connectivity index (χ1n) is 3.63. The van der Waals surface area contributed by atoms with Gasteiger partial charge in [-0.15, -0.1) is 0 Å². The molecular weight excluding hydrogens is 166 g/mol. The molecule has 0 bridgehead atoms. The quantitative estimate of drug-likeness (QED) is 0.627. The first-order chi connectivity index (χ1) is 4.87. The largest absolute Gasteiger partial charge is 0.311 e. The van der Waals surface area contributed by atoms with Crippen molar-refractivity contribution in [2.75, 3.05) is 0 Å². The molecule has 0 saturated carbocycles. The van der Waals surface area contributed by atoms with E-state index in [0.29, 0.717) is 12.8 Å². The zero-order chi connectivity index (χ0) is 9.12. The lowest BCUT2D eigenvalue weighted by Crippen LogP contribution is -2.46. The van der Waals surface area contributed by atoms with E-state index in [4.69, 9.17) is 10.3 Å². The Hall–Kier alpha value is -0.130. The lowest BCUT2D eigenvalue weighted by Gasteiger charge is -2.23. The van der Waals surface area contributed by atoms with E-state index in [0.717, 1.165) is 0 Å². The summed E-state index contributed by atoms with van der Waals surface area (Å²) in [5.41, 5.74) is 5.45. The summed E-state index contributed by atoms with van der Waals surface area (Å²) in [5, 5.41) is 0. The van der Waals surface area contributed by atoms with Crippen LogP contribution in [0.1, 0.15) is 33.1 Å². The Morgan fingerprint density at radius 2 is 1.91 bits per heavy atom. The van der Waals surface area contributed by atoms with Crippen LogP contribution in [-0.2, 0) is 10.1 Å². The normalized spacial score (nSPS) is 17.8. The minimum atomic E-state index is -4.10. The summed E-state index contributed by atoms with van der Waals surface area (Å²) in [4.78, 5) is -1.44. The van der Waals surface area contributed by atoms with Crippen LogP contribution in [0.3, 0.4) is 0 Å². The van der Waals surface area contributed by atoms with Crippen LogP contribution in [0.5, 0.6) is 0 Å². The maximum atomic E-state index is 10.7. The second-order valence-electron chi connectivity index (χ2n) is 2.64. The molecule has 1 unspecified atom stereocenters. The minimum Gasteiger partial charge on any atom is -0.311 e. The Balaban J connectivity index is 4.61. The predicted molar refractivity (Wildman–Crippen MR) is 43.7 cm³/mol. The van der Waals surface area contributed by atoms with Gasteiger partial charge in [-0.1, -0.05) is 20.3 Å². The van der Waals surface area contributed by atoms with Gasteiger partial charge in [0.2, 0.25) is 0 Å². The molecule has 0 rings (SSSR count). The maximum Gasteiger partial charge on any atom is 0.283 e. The second kappa shape index (κ2) is 3.51. The van der Waals surface area contributed by atoms with Crippen LogP contribution in [0, 0.1) is 0 Å². The topological polar surface area (TPSA) is 80.4 Å². The lowest BCUT2D eigenvalue weighted by molar-refractivity contribution is 0.401. The van der Waals surface area contributed by atoms with Crippen LogP contribution in [0.15, 0.2) is 0 Å². The van der Waals surface area contributed by atoms with Crippen LogP contribution >= 0.6 is 0 Å². The molecule has 0 aliphatic rings. The van der Waals surface area contributed by atoms with Gasteiger partial charge in [-0.2, -0.15) is 8.42 Å². The zero-order valence-electron chi connectivity index (χ0n) is 6.87. The molecule has 0 heterocycles. The average molecular weight is 181 g/mol. The molecule has 68 valence electrons. The maximum absolute atomic E-state index is 10.7. The van der Waals surface area contributed by atoms with E-state index < -0.39 is 15.0 Å². The third-order valence-corrected chi connectivity index (χ3v) is 3.31. The SMILES string of the molecule is CCCC(N)(CC)S(=O)(=O)O. The summed E-state index contributed by atoms with van der Waals surface area (Å²) in [6.45, 7) is 3.46. The highest BCUT2D eigenvalue weighted by Crippen LogP contribution is 2.19. The van der Waals surface area contributed by atoms with Gasteiger partial charge in [-0.3, -0.25) is 4.55 Å². The highest BCUT2D eigenvalue weighted by molar-refractivity contribution is 7.87. The first kappa shape index (κ1) is 10.9. The Bertz CT molecular complexity index is 212. The summed E-state index contributed by atoms with van der Waals surface area (Å²) >= 11 is 0. The van der Waals surface area contributed by atoms with Crippen LogP contribution in [0.4, 0.5) is 0 Å². The third kappa shape index (κ3) is 2.43. The van der Waals surface area contributed by atoms with Gasteiger partial charge in [0.15, 0.2) is 0 Å². The molecule has 0 aliphatic heterocycles. The molecule has 0 aromatic carbocycles. The number of hydrogen-bond acceptors (Lipinski definition) is 3. The van der Waals surface area contributed by atoms with E-state index in [2.05, 4.69) is 0 Å². The fraction of sp³-hybridized carbons (Fsp3) is 1.00. The van der Waals surface area contributed by atoms with E-state index in [1.807, 2.05) is 6.92 Å². The van der Waals surface area contributed by atoms with E-state index in [9.17, 15) is 8.42 Å². The van der Waals surface area contributed by atoms with Crippen molar-refractivity contribution in [3.05, 3.63) is 0 Å². The van der Waals surface area contributed by atoms with E-state index in [-0.39, 0.29) is 6.42 Å². The van der Waals surface area contributed by atoms with Gasteiger partial charge in [-0.25, -0.2) is 0 Å². The molecule has 3 N–H and O–H groups in total. The van der Waals surface area contributed by atoms with Crippen molar-refractivity contribution < 1.29 is 13.0 Å².